The quantitative estimate of drug-likeness (QED) is 0.663. The number of aromatic nitrogens is 2. The first-order chi connectivity index (χ1) is 9.67. The van der Waals surface area contributed by atoms with Crippen LogP contribution in [-0.4, -0.2) is 50.1 Å². The molecule has 1 aromatic heterocycles. The summed E-state index contributed by atoms with van der Waals surface area (Å²) in [5.41, 5.74) is 0. The van der Waals surface area contributed by atoms with Crippen LogP contribution in [0.4, 0.5) is 5.82 Å². The molecule has 1 heterocycles. The average Bonchev–Trinajstić information content (AvgIpc) is 2.43. The van der Waals surface area contributed by atoms with Crippen LogP contribution in [0.25, 0.3) is 0 Å². The van der Waals surface area contributed by atoms with Crippen molar-refractivity contribution in [2.45, 2.75) is 26.7 Å². The summed E-state index contributed by atoms with van der Waals surface area (Å²) < 4.78 is 15.8. The smallest absolute Gasteiger partial charge is 0.218 e. The fraction of sp³-hybridized carbons (Fsp3) is 0.714. The van der Waals surface area contributed by atoms with E-state index in [2.05, 4.69) is 29.1 Å². The average molecular weight is 283 g/mol. The molecule has 0 radical (unpaired) electrons. The van der Waals surface area contributed by atoms with Crippen LogP contribution >= 0.6 is 0 Å². The summed E-state index contributed by atoms with van der Waals surface area (Å²) in [7, 11) is 1.65. The lowest BCUT2D eigenvalue weighted by Gasteiger charge is -2.11. The molecule has 20 heavy (non-hydrogen) atoms. The molecule has 0 saturated heterocycles. The number of nitrogens with zero attached hydrogens (tertiary/aromatic N) is 2. The zero-order valence-corrected chi connectivity index (χ0v) is 12.8. The van der Waals surface area contributed by atoms with Crippen molar-refractivity contribution in [3.8, 4) is 5.88 Å². The maximum Gasteiger partial charge on any atom is 0.218 e. The van der Waals surface area contributed by atoms with Crippen molar-refractivity contribution in [2.75, 3.05) is 45.4 Å². The predicted octanol–water partition coefficient (Wildman–Crippen LogP) is 2.07. The highest BCUT2D eigenvalue weighted by atomic mass is 16.5. The van der Waals surface area contributed by atoms with Crippen molar-refractivity contribution in [3.05, 3.63) is 11.9 Å². The highest BCUT2D eigenvalue weighted by Gasteiger charge is 2.08. The number of ether oxygens (including phenoxy) is 3. The molecule has 0 aliphatic rings. The summed E-state index contributed by atoms with van der Waals surface area (Å²) in [6.07, 6.45) is 0. The first kappa shape index (κ1) is 16.7. The molecule has 0 spiro atoms. The molecule has 0 saturated carbocycles. The third-order valence-electron chi connectivity index (χ3n) is 2.50. The van der Waals surface area contributed by atoms with Crippen LogP contribution in [0, 0.1) is 0 Å². The fourth-order valence-corrected chi connectivity index (χ4v) is 1.50. The van der Waals surface area contributed by atoms with E-state index in [1.165, 1.54) is 0 Å². The van der Waals surface area contributed by atoms with Gasteiger partial charge in [-0.2, -0.15) is 4.98 Å². The Hall–Kier alpha value is -1.40. The molecule has 0 aliphatic heterocycles. The Kier molecular flexibility index (Phi) is 7.91. The van der Waals surface area contributed by atoms with Gasteiger partial charge >= 0.3 is 0 Å². The molecule has 0 aliphatic carbocycles. The Labute approximate surface area is 120 Å². The molecule has 114 valence electrons. The molecular weight excluding hydrogens is 258 g/mol. The van der Waals surface area contributed by atoms with E-state index in [9.17, 15) is 0 Å². The number of methoxy groups -OCH3 is 1. The molecule has 0 amide bonds. The van der Waals surface area contributed by atoms with Crippen molar-refractivity contribution >= 4 is 5.82 Å². The lowest BCUT2D eigenvalue weighted by molar-refractivity contribution is 0.0536. The Bertz CT molecular complexity index is 386. The Morgan fingerprint density at radius 3 is 2.55 bits per heavy atom. The number of nitrogens with one attached hydrogen (secondary N) is 1. The number of anilines is 1. The predicted molar refractivity (Wildman–Crippen MR) is 78.5 cm³/mol. The van der Waals surface area contributed by atoms with E-state index >= 15 is 0 Å². The van der Waals surface area contributed by atoms with Gasteiger partial charge in [0.1, 0.15) is 18.2 Å². The van der Waals surface area contributed by atoms with Gasteiger partial charge in [0.05, 0.1) is 19.8 Å². The SMILES string of the molecule is CCNc1cc(OCCOCCOC)nc(C(C)C)n1. The van der Waals surface area contributed by atoms with Crippen LogP contribution in [-0.2, 0) is 9.47 Å². The minimum atomic E-state index is 0.258. The van der Waals surface area contributed by atoms with Crippen molar-refractivity contribution in [1.82, 2.24) is 9.97 Å². The second-order valence-electron chi connectivity index (χ2n) is 4.59. The molecule has 6 heteroatoms. The van der Waals surface area contributed by atoms with Crippen LogP contribution in [0.3, 0.4) is 0 Å². The van der Waals surface area contributed by atoms with Crippen LogP contribution in [0.1, 0.15) is 32.5 Å². The van der Waals surface area contributed by atoms with Gasteiger partial charge in [-0.15, -0.1) is 0 Å². The van der Waals surface area contributed by atoms with E-state index in [1.54, 1.807) is 7.11 Å². The molecule has 0 bridgehead atoms. The second-order valence-corrected chi connectivity index (χ2v) is 4.59. The van der Waals surface area contributed by atoms with Crippen LogP contribution in [0.2, 0.25) is 0 Å². The van der Waals surface area contributed by atoms with Gasteiger partial charge < -0.3 is 19.5 Å². The number of hydrogen-bond donors (Lipinski definition) is 1. The second kappa shape index (κ2) is 9.50. The van der Waals surface area contributed by atoms with Gasteiger partial charge in [-0.25, -0.2) is 4.98 Å². The zero-order chi connectivity index (χ0) is 14.8. The minimum absolute atomic E-state index is 0.258. The first-order valence-corrected chi connectivity index (χ1v) is 6.99. The first-order valence-electron chi connectivity index (χ1n) is 6.99. The summed E-state index contributed by atoms with van der Waals surface area (Å²) in [4.78, 5) is 8.84. The topological polar surface area (TPSA) is 65.5 Å². The van der Waals surface area contributed by atoms with Crippen molar-refractivity contribution < 1.29 is 14.2 Å². The molecule has 0 fully saturated rings. The van der Waals surface area contributed by atoms with Gasteiger partial charge in [-0.3, -0.25) is 0 Å². The lowest BCUT2D eigenvalue weighted by Crippen LogP contribution is -2.12. The van der Waals surface area contributed by atoms with Gasteiger partial charge in [0.25, 0.3) is 0 Å². The van der Waals surface area contributed by atoms with E-state index < -0.39 is 0 Å². The van der Waals surface area contributed by atoms with Crippen molar-refractivity contribution in [1.29, 1.82) is 0 Å². The van der Waals surface area contributed by atoms with Gasteiger partial charge in [0.15, 0.2) is 0 Å². The highest BCUT2D eigenvalue weighted by Crippen LogP contribution is 2.18. The summed E-state index contributed by atoms with van der Waals surface area (Å²) in [5, 5.41) is 3.18. The zero-order valence-electron chi connectivity index (χ0n) is 12.8. The Balaban J connectivity index is 2.50. The summed E-state index contributed by atoms with van der Waals surface area (Å²) in [6, 6.07) is 1.81. The van der Waals surface area contributed by atoms with Gasteiger partial charge in [0.2, 0.25) is 5.88 Å². The standard InChI is InChI=1S/C14H25N3O3/c1-5-15-12-10-13(17-14(16-12)11(2)3)20-9-8-19-7-6-18-4/h10-11H,5-9H2,1-4H3,(H,15,16,17). The van der Waals surface area contributed by atoms with E-state index in [0.717, 1.165) is 18.2 Å². The molecule has 6 nitrogen and oxygen atoms in total. The third-order valence-corrected chi connectivity index (χ3v) is 2.50. The maximum atomic E-state index is 5.61. The minimum Gasteiger partial charge on any atom is -0.475 e. The van der Waals surface area contributed by atoms with E-state index in [1.807, 2.05) is 13.0 Å². The number of hydrogen-bond acceptors (Lipinski definition) is 6. The van der Waals surface area contributed by atoms with Gasteiger partial charge in [0, 0.05) is 25.6 Å². The largest absolute Gasteiger partial charge is 0.475 e. The van der Waals surface area contributed by atoms with E-state index in [-0.39, 0.29) is 5.92 Å². The van der Waals surface area contributed by atoms with Crippen LogP contribution in [0.5, 0.6) is 5.88 Å². The highest BCUT2D eigenvalue weighted by molar-refractivity contribution is 5.38. The van der Waals surface area contributed by atoms with E-state index in [4.69, 9.17) is 14.2 Å². The van der Waals surface area contributed by atoms with Gasteiger partial charge in [-0.1, -0.05) is 13.8 Å². The summed E-state index contributed by atoms with van der Waals surface area (Å²) >= 11 is 0. The molecule has 0 aromatic carbocycles. The number of rotatable bonds is 10. The molecular formula is C14H25N3O3. The maximum absolute atomic E-state index is 5.61. The van der Waals surface area contributed by atoms with Gasteiger partial charge in [-0.05, 0) is 6.92 Å². The third kappa shape index (κ3) is 6.16. The normalized spacial score (nSPS) is 10.8. The molecule has 1 rings (SSSR count). The van der Waals surface area contributed by atoms with Crippen LogP contribution in [0.15, 0.2) is 6.07 Å². The molecule has 1 aromatic rings. The lowest BCUT2D eigenvalue weighted by atomic mass is 10.2. The fourth-order valence-electron chi connectivity index (χ4n) is 1.50. The Morgan fingerprint density at radius 2 is 1.90 bits per heavy atom. The van der Waals surface area contributed by atoms with E-state index in [0.29, 0.717) is 32.3 Å². The summed E-state index contributed by atoms with van der Waals surface area (Å²) in [6.45, 7) is 9.10. The summed E-state index contributed by atoms with van der Waals surface area (Å²) in [5.74, 6) is 2.41. The molecule has 1 N–H and O–H groups in total. The Morgan fingerprint density at radius 1 is 1.15 bits per heavy atom. The van der Waals surface area contributed by atoms with Crippen LogP contribution < -0.4 is 10.1 Å². The monoisotopic (exact) mass is 283 g/mol. The molecule has 0 unspecified atom stereocenters. The molecule has 0 atom stereocenters. The van der Waals surface area contributed by atoms with Crippen molar-refractivity contribution in [2.24, 2.45) is 0 Å². The van der Waals surface area contributed by atoms with Crippen molar-refractivity contribution in [3.63, 3.8) is 0 Å².